The van der Waals surface area contributed by atoms with E-state index in [2.05, 4.69) is 20.2 Å². The van der Waals surface area contributed by atoms with Crippen LogP contribution in [-0.4, -0.2) is 25.6 Å². The zero-order valence-electron chi connectivity index (χ0n) is 9.84. The fourth-order valence-corrected chi connectivity index (χ4v) is 2.53. The summed E-state index contributed by atoms with van der Waals surface area (Å²) in [6, 6.07) is 4.48. The van der Waals surface area contributed by atoms with Crippen molar-refractivity contribution in [2.75, 3.05) is 17.1 Å². The molecule has 0 radical (unpaired) electrons. The lowest BCUT2D eigenvalue weighted by molar-refractivity contribution is 0.430. The van der Waals surface area contributed by atoms with E-state index in [0.717, 1.165) is 0 Å². The quantitative estimate of drug-likeness (QED) is 0.865. The standard InChI is InChI=1S/C10H12N4O3S/c1-7-6-9(17-13-7)14-18(15,16)8-4-3-5-12-10(8)11-2/h3-6,14H,1-2H3,(H,11,12). The van der Waals surface area contributed by atoms with Gasteiger partial charge in [-0.1, -0.05) is 5.16 Å². The van der Waals surface area contributed by atoms with Gasteiger partial charge in [0.15, 0.2) is 0 Å². The number of rotatable bonds is 4. The first kappa shape index (κ1) is 12.4. The molecule has 18 heavy (non-hydrogen) atoms. The lowest BCUT2D eigenvalue weighted by atomic mass is 10.5. The molecule has 0 aliphatic carbocycles. The molecule has 0 unspecified atom stereocenters. The highest BCUT2D eigenvalue weighted by Gasteiger charge is 2.20. The lowest BCUT2D eigenvalue weighted by Gasteiger charge is -2.08. The number of nitrogens with zero attached hydrogens (tertiary/aromatic N) is 2. The molecule has 0 spiro atoms. The summed E-state index contributed by atoms with van der Waals surface area (Å²) in [5.41, 5.74) is 0.590. The van der Waals surface area contributed by atoms with Crippen LogP contribution in [0.15, 0.2) is 33.8 Å². The molecule has 0 aliphatic rings. The second-order valence-electron chi connectivity index (χ2n) is 3.54. The largest absolute Gasteiger partial charge is 0.372 e. The van der Waals surface area contributed by atoms with Crippen molar-refractivity contribution in [3.05, 3.63) is 30.1 Å². The van der Waals surface area contributed by atoms with Crippen molar-refractivity contribution in [3.8, 4) is 0 Å². The van der Waals surface area contributed by atoms with Gasteiger partial charge in [-0.3, -0.25) is 0 Å². The number of sulfonamides is 1. The van der Waals surface area contributed by atoms with Crippen LogP contribution in [0.25, 0.3) is 0 Å². The topological polar surface area (TPSA) is 97.1 Å². The van der Waals surface area contributed by atoms with Crippen LogP contribution in [-0.2, 0) is 10.0 Å². The Kier molecular flexibility index (Phi) is 3.19. The van der Waals surface area contributed by atoms with Crippen LogP contribution in [0.4, 0.5) is 11.7 Å². The maximum absolute atomic E-state index is 12.1. The molecule has 0 aliphatic heterocycles. The minimum Gasteiger partial charge on any atom is -0.372 e. The van der Waals surface area contributed by atoms with Crippen molar-refractivity contribution in [2.45, 2.75) is 11.8 Å². The van der Waals surface area contributed by atoms with Crippen molar-refractivity contribution in [3.63, 3.8) is 0 Å². The van der Waals surface area contributed by atoms with E-state index in [1.807, 2.05) is 0 Å². The third kappa shape index (κ3) is 2.43. The maximum atomic E-state index is 12.1. The SMILES string of the molecule is CNc1ncccc1S(=O)(=O)Nc1cc(C)no1. The number of pyridine rings is 1. The van der Waals surface area contributed by atoms with E-state index in [-0.39, 0.29) is 16.6 Å². The summed E-state index contributed by atoms with van der Waals surface area (Å²) in [5.74, 6) is 0.333. The van der Waals surface area contributed by atoms with Crippen molar-refractivity contribution in [2.24, 2.45) is 0 Å². The zero-order valence-corrected chi connectivity index (χ0v) is 10.7. The van der Waals surface area contributed by atoms with Gasteiger partial charge in [-0.25, -0.2) is 18.1 Å². The molecule has 0 saturated heterocycles. The monoisotopic (exact) mass is 268 g/mol. The number of anilines is 2. The molecule has 0 fully saturated rings. The molecule has 2 aromatic rings. The van der Waals surface area contributed by atoms with Gasteiger partial charge in [0, 0.05) is 19.3 Å². The average molecular weight is 268 g/mol. The highest BCUT2D eigenvalue weighted by atomic mass is 32.2. The predicted molar refractivity (Wildman–Crippen MR) is 65.8 cm³/mol. The molecule has 0 saturated carbocycles. The van der Waals surface area contributed by atoms with Gasteiger partial charge in [0.1, 0.15) is 10.7 Å². The number of aryl methyl sites for hydroxylation is 1. The fraction of sp³-hybridized carbons (Fsp3) is 0.200. The Morgan fingerprint density at radius 1 is 1.39 bits per heavy atom. The van der Waals surface area contributed by atoms with Crippen molar-refractivity contribution in [1.82, 2.24) is 10.1 Å². The van der Waals surface area contributed by atoms with Gasteiger partial charge in [-0.2, -0.15) is 0 Å². The molecule has 8 heteroatoms. The van der Waals surface area contributed by atoms with Crippen molar-refractivity contribution >= 4 is 21.7 Å². The molecule has 0 aromatic carbocycles. The Morgan fingerprint density at radius 2 is 2.17 bits per heavy atom. The van der Waals surface area contributed by atoms with Crippen LogP contribution in [0.1, 0.15) is 5.69 Å². The van der Waals surface area contributed by atoms with Crippen LogP contribution in [0.3, 0.4) is 0 Å². The van der Waals surface area contributed by atoms with Crippen LogP contribution in [0.2, 0.25) is 0 Å². The first-order valence-electron chi connectivity index (χ1n) is 5.12. The molecule has 2 N–H and O–H groups in total. The number of aromatic nitrogens is 2. The van der Waals surface area contributed by atoms with E-state index in [9.17, 15) is 8.42 Å². The summed E-state index contributed by atoms with van der Waals surface area (Å²) >= 11 is 0. The van der Waals surface area contributed by atoms with E-state index in [1.165, 1.54) is 18.3 Å². The number of nitrogens with one attached hydrogen (secondary N) is 2. The fourth-order valence-electron chi connectivity index (χ4n) is 1.39. The van der Waals surface area contributed by atoms with E-state index < -0.39 is 10.0 Å². The van der Waals surface area contributed by atoms with Gasteiger partial charge in [0.25, 0.3) is 10.0 Å². The normalized spacial score (nSPS) is 11.2. The van der Waals surface area contributed by atoms with Crippen molar-refractivity contribution < 1.29 is 12.9 Å². The molecule has 2 aromatic heterocycles. The maximum Gasteiger partial charge on any atom is 0.267 e. The lowest BCUT2D eigenvalue weighted by Crippen LogP contribution is -2.15. The van der Waals surface area contributed by atoms with E-state index in [4.69, 9.17) is 4.52 Å². The highest BCUT2D eigenvalue weighted by Crippen LogP contribution is 2.21. The minimum atomic E-state index is -3.75. The Morgan fingerprint density at radius 3 is 2.78 bits per heavy atom. The van der Waals surface area contributed by atoms with Gasteiger partial charge >= 0.3 is 0 Å². The third-order valence-electron chi connectivity index (χ3n) is 2.16. The Hall–Kier alpha value is -2.09. The molecule has 96 valence electrons. The molecule has 7 nitrogen and oxygen atoms in total. The number of hydrogen-bond donors (Lipinski definition) is 2. The Balaban J connectivity index is 2.36. The van der Waals surface area contributed by atoms with Crippen LogP contribution in [0, 0.1) is 6.92 Å². The second-order valence-corrected chi connectivity index (χ2v) is 5.19. The van der Waals surface area contributed by atoms with E-state index in [0.29, 0.717) is 5.69 Å². The van der Waals surface area contributed by atoms with Crippen molar-refractivity contribution in [1.29, 1.82) is 0 Å². The highest BCUT2D eigenvalue weighted by molar-refractivity contribution is 7.92. The molecular formula is C10H12N4O3S. The van der Waals surface area contributed by atoms with E-state index >= 15 is 0 Å². The van der Waals surface area contributed by atoms with Crippen LogP contribution < -0.4 is 10.0 Å². The summed E-state index contributed by atoms with van der Waals surface area (Å²) in [4.78, 5) is 3.98. The number of hydrogen-bond acceptors (Lipinski definition) is 6. The predicted octanol–water partition coefficient (Wildman–Crippen LogP) is 1.22. The zero-order chi connectivity index (χ0) is 13.2. The van der Waals surface area contributed by atoms with Gasteiger partial charge in [-0.05, 0) is 19.1 Å². The smallest absolute Gasteiger partial charge is 0.267 e. The molecule has 0 amide bonds. The molecule has 0 atom stereocenters. The summed E-state index contributed by atoms with van der Waals surface area (Å²) < 4.78 is 31.3. The van der Waals surface area contributed by atoms with Crippen LogP contribution >= 0.6 is 0 Å². The third-order valence-corrected chi connectivity index (χ3v) is 3.54. The summed E-state index contributed by atoms with van der Waals surface area (Å²) in [6.07, 6.45) is 1.50. The van der Waals surface area contributed by atoms with Gasteiger partial charge in [-0.15, -0.1) is 0 Å². The summed E-state index contributed by atoms with van der Waals surface area (Å²) in [6.45, 7) is 1.70. The van der Waals surface area contributed by atoms with Crippen LogP contribution in [0.5, 0.6) is 0 Å². The van der Waals surface area contributed by atoms with Gasteiger partial charge in [0.05, 0.1) is 5.69 Å². The Labute approximate surface area is 104 Å². The molecule has 0 bridgehead atoms. The Bertz CT molecular complexity index is 651. The molecule has 2 rings (SSSR count). The van der Waals surface area contributed by atoms with Gasteiger partial charge < -0.3 is 9.84 Å². The molecule has 2 heterocycles. The summed E-state index contributed by atoms with van der Waals surface area (Å²) in [7, 11) is -2.15. The average Bonchev–Trinajstić information content (AvgIpc) is 2.74. The minimum absolute atomic E-state index is 0.0431. The van der Waals surface area contributed by atoms with Gasteiger partial charge in [0.2, 0.25) is 5.88 Å². The molecular weight excluding hydrogens is 256 g/mol. The summed E-state index contributed by atoms with van der Waals surface area (Å²) in [5, 5.41) is 6.32. The first-order chi connectivity index (χ1) is 8.53. The van der Waals surface area contributed by atoms with E-state index in [1.54, 1.807) is 20.0 Å². The first-order valence-corrected chi connectivity index (χ1v) is 6.60. The second kappa shape index (κ2) is 4.65.